The van der Waals surface area contributed by atoms with E-state index in [1.54, 1.807) is 0 Å². The van der Waals surface area contributed by atoms with Crippen molar-refractivity contribution in [2.24, 2.45) is 0 Å². The van der Waals surface area contributed by atoms with E-state index < -0.39 is 17.5 Å². The number of aldehydes is 1. The number of ketones is 1. The molecule has 0 radical (unpaired) electrons. The van der Waals surface area contributed by atoms with E-state index in [0.29, 0.717) is 11.8 Å². The van der Waals surface area contributed by atoms with Gasteiger partial charge in [-0.3, -0.25) is 9.59 Å². The Morgan fingerprint density at radius 2 is 1.62 bits per heavy atom. The Kier molecular flexibility index (Phi) is 4.21. The van der Waals surface area contributed by atoms with Crippen LogP contribution >= 0.6 is 0 Å². The molecule has 0 heterocycles. The van der Waals surface area contributed by atoms with Crippen molar-refractivity contribution in [2.75, 3.05) is 0 Å². The van der Waals surface area contributed by atoms with Crippen LogP contribution in [0.5, 0.6) is 0 Å². The Hall–Kier alpha value is -2.43. The fourth-order valence-electron chi connectivity index (χ4n) is 1.97. The third-order valence-electron chi connectivity index (χ3n) is 3.04. The summed E-state index contributed by atoms with van der Waals surface area (Å²) in [7, 11) is 0. The molecular weight excluding hydrogens is 281 g/mol. The van der Waals surface area contributed by atoms with Gasteiger partial charge >= 0.3 is 6.18 Å². The van der Waals surface area contributed by atoms with Crippen molar-refractivity contribution in [1.29, 1.82) is 0 Å². The van der Waals surface area contributed by atoms with Gasteiger partial charge in [0.1, 0.15) is 6.29 Å². The maximum Gasteiger partial charge on any atom is 0.416 e. The van der Waals surface area contributed by atoms with Crippen LogP contribution in [0.2, 0.25) is 0 Å². The van der Waals surface area contributed by atoms with Crippen LogP contribution in [0.15, 0.2) is 48.5 Å². The van der Waals surface area contributed by atoms with Crippen molar-refractivity contribution in [3.8, 4) is 0 Å². The number of rotatable bonds is 4. The zero-order valence-electron chi connectivity index (χ0n) is 10.9. The molecule has 0 aliphatic rings. The molecule has 0 unspecified atom stereocenters. The van der Waals surface area contributed by atoms with Gasteiger partial charge in [-0.15, -0.1) is 0 Å². The Morgan fingerprint density at radius 1 is 1.00 bits per heavy atom. The lowest BCUT2D eigenvalue weighted by Gasteiger charge is -2.12. The highest BCUT2D eigenvalue weighted by Crippen LogP contribution is 2.32. The summed E-state index contributed by atoms with van der Waals surface area (Å²) < 4.78 is 38.5. The van der Waals surface area contributed by atoms with E-state index in [2.05, 4.69) is 0 Å². The molecule has 0 saturated heterocycles. The summed E-state index contributed by atoms with van der Waals surface area (Å²) in [4.78, 5) is 22.6. The van der Waals surface area contributed by atoms with Gasteiger partial charge in [0.15, 0.2) is 5.78 Å². The third-order valence-corrected chi connectivity index (χ3v) is 3.04. The fourth-order valence-corrected chi connectivity index (χ4v) is 1.97. The Bertz CT molecular complexity index is 658. The van der Waals surface area contributed by atoms with E-state index in [1.807, 2.05) is 0 Å². The molecule has 108 valence electrons. The van der Waals surface area contributed by atoms with Crippen LogP contribution in [0, 0.1) is 0 Å². The van der Waals surface area contributed by atoms with Crippen molar-refractivity contribution in [1.82, 2.24) is 0 Å². The molecule has 0 N–H and O–H groups in total. The Morgan fingerprint density at radius 3 is 2.19 bits per heavy atom. The van der Waals surface area contributed by atoms with Gasteiger partial charge in [-0.25, -0.2) is 0 Å². The summed E-state index contributed by atoms with van der Waals surface area (Å²) in [5, 5.41) is 0. The normalized spacial score (nSPS) is 11.2. The monoisotopic (exact) mass is 292 g/mol. The molecule has 0 saturated carbocycles. The zero-order valence-corrected chi connectivity index (χ0v) is 10.9. The summed E-state index contributed by atoms with van der Waals surface area (Å²) in [6, 6.07) is 10.8. The molecule has 5 heteroatoms. The SMILES string of the molecule is O=Cc1ccc(C(=O)Cc2ccccc2C(F)(F)F)cc1. The van der Waals surface area contributed by atoms with Crippen LogP contribution in [0.4, 0.5) is 13.2 Å². The van der Waals surface area contributed by atoms with Crippen molar-refractivity contribution in [2.45, 2.75) is 12.6 Å². The highest BCUT2D eigenvalue weighted by atomic mass is 19.4. The van der Waals surface area contributed by atoms with E-state index in [4.69, 9.17) is 0 Å². The van der Waals surface area contributed by atoms with Crippen LogP contribution in [-0.2, 0) is 12.6 Å². The topological polar surface area (TPSA) is 34.1 Å². The number of benzene rings is 2. The number of alkyl halides is 3. The lowest BCUT2D eigenvalue weighted by atomic mass is 9.98. The minimum Gasteiger partial charge on any atom is -0.298 e. The maximum atomic E-state index is 12.8. The first-order valence-electron chi connectivity index (χ1n) is 6.15. The molecule has 2 aromatic carbocycles. The van der Waals surface area contributed by atoms with Crippen molar-refractivity contribution in [3.05, 3.63) is 70.8 Å². The van der Waals surface area contributed by atoms with Crippen LogP contribution in [0.25, 0.3) is 0 Å². The van der Waals surface area contributed by atoms with Crippen LogP contribution in [-0.4, -0.2) is 12.1 Å². The van der Waals surface area contributed by atoms with Gasteiger partial charge in [-0.2, -0.15) is 13.2 Å². The summed E-state index contributed by atoms with van der Waals surface area (Å²) in [5.74, 6) is -0.427. The summed E-state index contributed by atoms with van der Waals surface area (Å²) in [5.41, 5.74) is -0.183. The summed E-state index contributed by atoms with van der Waals surface area (Å²) in [6.45, 7) is 0. The molecule has 0 fully saturated rings. The Balaban J connectivity index is 2.25. The molecule has 0 aromatic heterocycles. The first-order valence-corrected chi connectivity index (χ1v) is 6.15. The maximum absolute atomic E-state index is 12.8. The molecule has 2 rings (SSSR count). The van der Waals surface area contributed by atoms with Crippen LogP contribution < -0.4 is 0 Å². The molecule has 21 heavy (non-hydrogen) atoms. The molecule has 0 amide bonds. The average molecular weight is 292 g/mol. The van der Waals surface area contributed by atoms with E-state index >= 15 is 0 Å². The second kappa shape index (κ2) is 5.91. The number of halogens is 3. The number of carbonyl (C=O) groups excluding carboxylic acids is 2. The van der Waals surface area contributed by atoms with E-state index in [-0.39, 0.29) is 17.5 Å². The number of hydrogen-bond acceptors (Lipinski definition) is 2. The van der Waals surface area contributed by atoms with E-state index in [1.165, 1.54) is 42.5 Å². The molecule has 0 spiro atoms. The van der Waals surface area contributed by atoms with Gasteiger partial charge in [-0.05, 0) is 11.6 Å². The molecule has 0 atom stereocenters. The lowest BCUT2D eigenvalue weighted by molar-refractivity contribution is -0.138. The predicted octanol–water partition coefficient (Wildman–Crippen LogP) is 3.94. The number of carbonyl (C=O) groups is 2. The summed E-state index contributed by atoms with van der Waals surface area (Å²) in [6.07, 6.45) is -4.19. The smallest absolute Gasteiger partial charge is 0.298 e. The van der Waals surface area contributed by atoms with E-state index in [9.17, 15) is 22.8 Å². The van der Waals surface area contributed by atoms with Gasteiger partial charge in [0, 0.05) is 17.5 Å². The molecule has 2 nitrogen and oxygen atoms in total. The highest BCUT2D eigenvalue weighted by Gasteiger charge is 2.33. The molecule has 0 aliphatic heterocycles. The van der Waals surface area contributed by atoms with Crippen LogP contribution in [0.1, 0.15) is 31.8 Å². The third kappa shape index (κ3) is 3.56. The van der Waals surface area contributed by atoms with Gasteiger partial charge in [0.2, 0.25) is 0 Å². The van der Waals surface area contributed by atoms with Crippen LogP contribution in [0.3, 0.4) is 0 Å². The largest absolute Gasteiger partial charge is 0.416 e. The lowest BCUT2D eigenvalue weighted by Crippen LogP contribution is -2.12. The zero-order chi connectivity index (χ0) is 15.5. The number of hydrogen-bond donors (Lipinski definition) is 0. The quantitative estimate of drug-likeness (QED) is 0.631. The highest BCUT2D eigenvalue weighted by molar-refractivity contribution is 5.98. The molecular formula is C16H11F3O2. The fraction of sp³-hybridized carbons (Fsp3) is 0.125. The predicted molar refractivity (Wildman–Crippen MR) is 71.3 cm³/mol. The van der Waals surface area contributed by atoms with Crippen molar-refractivity contribution in [3.63, 3.8) is 0 Å². The standard InChI is InChI=1S/C16H11F3O2/c17-16(18,19)14-4-2-1-3-13(14)9-15(21)12-7-5-11(10-20)6-8-12/h1-8,10H,9H2. The van der Waals surface area contributed by atoms with Gasteiger partial charge in [0.05, 0.1) is 5.56 Å². The van der Waals surface area contributed by atoms with Gasteiger partial charge in [-0.1, -0.05) is 42.5 Å². The minimum absolute atomic E-state index is 0.0607. The second-order valence-corrected chi connectivity index (χ2v) is 4.49. The Labute approximate surface area is 119 Å². The molecule has 0 aliphatic carbocycles. The summed E-state index contributed by atoms with van der Waals surface area (Å²) >= 11 is 0. The van der Waals surface area contributed by atoms with Crippen molar-refractivity contribution < 1.29 is 22.8 Å². The molecule has 2 aromatic rings. The second-order valence-electron chi connectivity index (χ2n) is 4.49. The molecule has 0 bridgehead atoms. The van der Waals surface area contributed by atoms with Gasteiger partial charge < -0.3 is 0 Å². The van der Waals surface area contributed by atoms with Gasteiger partial charge in [0.25, 0.3) is 0 Å². The average Bonchev–Trinajstić information content (AvgIpc) is 2.47. The first kappa shape index (κ1) is 15.0. The minimum atomic E-state index is -4.49. The van der Waals surface area contributed by atoms with Crippen molar-refractivity contribution >= 4 is 12.1 Å². The van der Waals surface area contributed by atoms with E-state index in [0.717, 1.165) is 6.07 Å². The first-order chi connectivity index (χ1) is 9.91. The number of Topliss-reactive ketones (excluding diaryl/α,β-unsaturated/α-hetero) is 1.